The van der Waals surface area contributed by atoms with Crippen LogP contribution in [0.4, 0.5) is 8.78 Å². The van der Waals surface area contributed by atoms with Crippen LogP contribution >= 0.6 is 11.6 Å². The maximum atomic E-state index is 14.2. The molecule has 0 bridgehead atoms. The van der Waals surface area contributed by atoms with E-state index < -0.39 is 32.1 Å². The molecule has 4 aromatic rings. The minimum Gasteiger partial charge on any atom is -0.378 e. The van der Waals surface area contributed by atoms with E-state index in [0.717, 1.165) is 12.1 Å². The first-order valence-corrected chi connectivity index (χ1v) is 13.1. The molecule has 0 N–H and O–H groups in total. The summed E-state index contributed by atoms with van der Waals surface area (Å²) >= 11 is 6.28. The molecule has 1 aliphatic rings. The standard InChI is InChI=1S/C25H20ClF2N3O4S/c26-20-4-1-16(11-18(20)15-36(33,34)23-5-3-19(27)12-21(23)28)17-2-6-24-29-13-22(31(24)14-17)25(32)30-7-9-35-10-8-30/h1-6,11-14H,7-10,15H2. The average Bonchev–Trinajstić information content (AvgIpc) is 3.28. The Hall–Kier alpha value is -3.34. The lowest BCUT2D eigenvalue weighted by atomic mass is 10.1. The van der Waals surface area contributed by atoms with Gasteiger partial charge in [-0.05, 0) is 53.1 Å². The van der Waals surface area contributed by atoms with Gasteiger partial charge in [-0.2, -0.15) is 0 Å². The molecule has 1 amide bonds. The van der Waals surface area contributed by atoms with Gasteiger partial charge in [0.2, 0.25) is 0 Å². The van der Waals surface area contributed by atoms with Crippen LogP contribution in [0.5, 0.6) is 0 Å². The monoisotopic (exact) mass is 531 g/mol. The van der Waals surface area contributed by atoms with Crippen LogP contribution in [0.15, 0.2) is 65.8 Å². The number of halogens is 3. The summed E-state index contributed by atoms with van der Waals surface area (Å²) in [6.45, 7) is 1.95. The molecule has 0 aliphatic carbocycles. The Morgan fingerprint density at radius 2 is 1.78 bits per heavy atom. The van der Waals surface area contributed by atoms with E-state index in [-0.39, 0.29) is 16.5 Å². The first-order valence-electron chi connectivity index (χ1n) is 11.0. The average molecular weight is 532 g/mol. The Morgan fingerprint density at radius 1 is 1.03 bits per heavy atom. The molecule has 0 saturated carbocycles. The van der Waals surface area contributed by atoms with Crippen molar-refractivity contribution < 1.29 is 26.7 Å². The summed E-state index contributed by atoms with van der Waals surface area (Å²) in [4.78, 5) is 18.5. The van der Waals surface area contributed by atoms with Crippen molar-refractivity contribution in [2.24, 2.45) is 0 Å². The van der Waals surface area contributed by atoms with Gasteiger partial charge < -0.3 is 9.64 Å². The van der Waals surface area contributed by atoms with Gasteiger partial charge in [0, 0.05) is 30.4 Å². The molecule has 2 aromatic carbocycles. The molecule has 186 valence electrons. The second-order valence-electron chi connectivity index (χ2n) is 8.33. The molecule has 0 radical (unpaired) electrons. The van der Waals surface area contributed by atoms with Gasteiger partial charge in [0.05, 0.1) is 25.2 Å². The van der Waals surface area contributed by atoms with Crippen LogP contribution in [-0.4, -0.2) is 54.9 Å². The summed E-state index contributed by atoms with van der Waals surface area (Å²) in [5.41, 5.74) is 2.58. The van der Waals surface area contributed by atoms with Crippen molar-refractivity contribution in [2.75, 3.05) is 26.3 Å². The summed E-state index contributed by atoms with van der Waals surface area (Å²) in [6, 6.07) is 10.8. The van der Waals surface area contributed by atoms with Crippen molar-refractivity contribution in [1.82, 2.24) is 14.3 Å². The van der Waals surface area contributed by atoms with Gasteiger partial charge in [0.15, 0.2) is 9.84 Å². The number of ether oxygens (including phenoxy) is 1. The highest BCUT2D eigenvalue weighted by molar-refractivity contribution is 7.90. The third-order valence-corrected chi connectivity index (χ3v) is 8.04. The van der Waals surface area contributed by atoms with Crippen LogP contribution in [0, 0.1) is 11.6 Å². The highest BCUT2D eigenvalue weighted by atomic mass is 35.5. The molecule has 1 aliphatic heterocycles. The Bertz CT molecular complexity index is 1580. The van der Waals surface area contributed by atoms with Gasteiger partial charge in [0.1, 0.15) is 27.9 Å². The zero-order valence-corrected chi connectivity index (χ0v) is 20.4. The zero-order valence-electron chi connectivity index (χ0n) is 18.8. The van der Waals surface area contributed by atoms with Gasteiger partial charge >= 0.3 is 0 Å². The summed E-state index contributed by atoms with van der Waals surface area (Å²) in [5.74, 6) is -2.76. The summed E-state index contributed by atoms with van der Waals surface area (Å²) < 4.78 is 60.1. The number of hydrogen-bond acceptors (Lipinski definition) is 5. The van der Waals surface area contributed by atoms with Gasteiger partial charge in [0.25, 0.3) is 5.91 Å². The largest absolute Gasteiger partial charge is 0.378 e. The van der Waals surface area contributed by atoms with E-state index in [2.05, 4.69) is 4.98 Å². The van der Waals surface area contributed by atoms with Crippen molar-refractivity contribution in [1.29, 1.82) is 0 Å². The molecule has 11 heteroatoms. The van der Waals surface area contributed by atoms with Crippen LogP contribution in [0.3, 0.4) is 0 Å². The number of sulfone groups is 1. The highest BCUT2D eigenvalue weighted by Gasteiger charge is 2.23. The number of imidazole rings is 1. The molecule has 0 atom stereocenters. The van der Waals surface area contributed by atoms with E-state index in [9.17, 15) is 22.0 Å². The van der Waals surface area contributed by atoms with Crippen LogP contribution < -0.4 is 0 Å². The normalized spacial score (nSPS) is 14.4. The van der Waals surface area contributed by atoms with E-state index in [4.69, 9.17) is 16.3 Å². The fraction of sp³-hybridized carbons (Fsp3) is 0.200. The summed E-state index contributed by atoms with van der Waals surface area (Å²) in [6.07, 6.45) is 3.27. The molecular formula is C25H20ClF2N3O4S. The van der Waals surface area contributed by atoms with E-state index >= 15 is 0 Å². The zero-order chi connectivity index (χ0) is 25.4. The molecule has 5 rings (SSSR count). The van der Waals surface area contributed by atoms with Gasteiger partial charge in [-0.15, -0.1) is 0 Å². The van der Waals surface area contributed by atoms with Crippen molar-refractivity contribution in [3.63, 3.8) is 0 Å². The first kappa shape index (κ1) is 24.4. The number of pyridine rings is 1. The number of carbonyl (C=O) groups is 1. The Kier molecular flexibility index (Phi) is 6.50. The summed E-state index contributed by atoms with van der Waals surface area (Å²) in [7, 11) is -4.14. The number of carbonyl (C=O) groups excluding carboxylic acids is 1. The molecule has 7 nitrogen and oxygen atoms in total. The maximum absolute atomic E-state index is 14.2. The highest BCUT2D eigenvalue weighted by Crippen LogP contribution is 2.29. The van der Waals surface area contributed by atoms with E-state index in [0.29, 0.717) is 54.8 Å². The predicted octanol–water partition coefficient (Wildman–Crippen LogP) is 4.38. The molecular weight excluding hydrogens is 512 g/mol. The number of nitrogens with zero attached hydrogens (tertiary/aromatic N) is 3. The van der Waals surface area contributed by atoms with Crippen molar-refractivity contribution in [2.45, 2.75) is 10.6 Å². The molecule has 1 saturated heterocycles. The Morgan fingerprint density at radius 3 is 2.53 bits per heavy atom. The van der Waals surface area contributed by atoms with Gasteiger partial charge in [-0.25, -0.2) is 22.2 Å². The van der Waals surface area contributed by atoms with Crippen LogP contribution in [0.25, 0.3) is 16.8 Å². The van der Waals surface area contributed by atoms with Gasteiger partial charge in [-0.1, -0.05) is 17.7 Å². The van der Waals surface area contributed by atoms with Gasteiger partial charge in [-0.3, -0.25) is 9.20 Å². The third-order valence-electron chi connectivity index (χ3n) is 5.98. The predicted molar refractivity (Wildman–Crippen MR) is 130 cm³/mol. The molecule has 1 fully saturated rings. The van der Waals surface area contributed by atoms with Crippen molar-refractivity contribution in [3.05, 3.63) is 88.8 Å². The van der Waals surface area contributed by atoms with Crippen LogP contribution in [0.2, 0.25) is 5.02 Å². The van der Waals surface area contributed by atoms with E-state index in [1.54, 1.807) is 45.8 Å². The molecule has 0 spiro atoms. The second-order valence-corrected chi connectivity index (χ2v) is 10.7. The fourth-order valence-corrected chi connectivity index (χ4v) is 5.81. The second kappa shape index (κ2) is 9.61. The summed E-state index contributed by atoms with van der Waals surface area (Å²) in [5, 5.41) is 0.191. The van der Waals surface area contributed by atoms with Crippen LogP contribution in [0.1, 0.15) is 16.1 Å². The third kappa shape index (κ3) is 4.71. The number of hydrogen-bond donors (Lipinski definition) is 0. The molecule has 3 heterocycles. The molecule has 0 unspecified atom stereocenters. The lowest BCUT2D eigenvalue weighted by molar-refractivity contribution is 0.0298. The van der Waals surface area contributed by atoms with Crippen molar-refractivity contribution in [3.8, 4) is 11.1 Å². The molecule has 2 aromatic heterocycles. The number of morpholine rings is 1. The number of rotatable bonds is 5. The minimum absolute atomic E-state index is 0.160. The SMILES string of the molecule is O=C(c1cnc2ccc(-c3ccc(Cl)c(CS(=O)(=O)c4ccc(F)cc4F)c3)cn12)N1CCOCC1. The number of aromatic nitrogens is 2. The van der Waals surface area contributed by atoms with Crippen LogP contribution in [-0.2, 0) is 20.3 Å². The Labute approximate surface area is 210 Å². The van der Waals surface area contributed by atoms with E-state index in [1.807, 2.05) is 0 Å². The lowest BCUT2D eigenvalue weighted by Gasteiger charge is -2.26. The Balaban J connectivity index is 1.48. The number of fused-ring (bicyclic) bond motifs is 1. The maximum Gasteiger partial charge on any atom is 0.272 e. The topological polar surface area (TPSA) is 81.0 Å². The van der Waals surface area contributed by atoms with Crippen molar-refractivity contribution >= 4 is 33.0 Å². The minimum atomic E-state index is -4.14. The molecule has 36 heavy (non-hydrogen) atoms. The fourth-order valence-electron chi connectivity index (χ4n) is 4.11. The quantitative estimate of drug-likeness (QED) is 0.357. The first-order chi connectivity index (χ1) is 17.2. The van der Waals surface area contributed by atoms with E-state index in [1.165, 1.54) is 6.20 Å². The number of benzene rings is 2. The number of amides is 1. The lowest BCUT2D eigenvalue weighted by Crippen LogP contribution is -2.41. The smallest absolute Gasteiger partial charge is 0.272 e.